The Morgan fingerprint density at radius 2 is 1.80 bits per heavy atom. The molecule has 6 heteroatoms. The Labute approximate surface area is 146 Å². The van der Waals surface area contributed by atoms with Gasteiger partial charge in [0, 0.05) is 24.6 Å². The van der Waals surface area contributed by atoms with Gasteiger partial charge in [0.15, 0.2) is 0 Å². The van der Waals surface area contributed by atoms with Crippen molar-refractivity contribution in [1.29, 1.82) is 0 Å². The van der Waals surface area contributed by atoms with Crippen LogP contribution in [0.1, 0.15) is 27.2 Å². The van der Waals surface area contributed by atoms with Gasteiger partial charge >= 0.3 is 0 Å². The summed E-state index contributed by atoms with van der Waals surface area (Å²) < 4.78 is 0. The summed E-state index contributed by atoms with van der Waals surface area (Å²) in [6.45, 7) is 4.55. The van der Waals surface area contributed by atoms with E-state index in [9.17, 15) is 4.79 Å². The third-order valence-corrected chi connectivity index (χ3v) is 3.87. The molecule has 2 N–H and O–H groups in total. The Morgan fingerprint density at radius 3 is 2.48 bits per heavy atom. The molecule has 0 saturated carbocycles. The first kappa shape index (κ1) is 16.6. The predicted molar refractivity (Wildman–Crippen MR) is 96.6 cm³/mol. The lowest BCUT2D eigenvalue weighted by atomic mass is 10.1. The van der Waals surface area contributed by atoms with E-state index in [4.69, 9.17) is 0 Å². The molecule has 126 valence electrons. The molecule has 2 heterocycles. The average Bonchev–Trinajstić information content (AvgIpc) is 2.64. The number of nitrogens with one attached hydrogen (secondary N) is 2. The smallest absolute Gasteiger partial charge is 0.271 e. The third kappa shape index (κ3) is 4.38. The van der Waals surface area contributed by atoms with Crippen LogP contribution in [0.2, 0.25) is 0 Å². The van der Waals surface area contributed by atoms with Gasteiger partial charge in [0.25, 0.3) is 5.91 Å². The van der Waals surface area contributed by atoms with Crippen molar-refractivity contribution in [1.82, 2.24) is 20.3 Å². The standard InChI is InChI=1S/C19H19N5O/c1-13-3-4-16(9-14(13)2)24-18-12-21-17(11-22-18)19(25)23-10-15-5-7-20-8-6-15/h3-9,11-12H,10H2,1-2H3,(H,22,24)(H,23,25). The molecule has 0 saturated heterocycles. The lowest BCUT2D eigenvalue weighted by Gasteiger charge is -2.08. The lowest BCUT2D eigenvalue weighted by Crippen LogP contribution is -2.24. The molecular formula is C19H19N5O. The van der Waals surface area contributed by atoms with Crippen LogP contribution in [-0.2, 0) is 6.54 Å². The van der Waals surface area contributed by atoms with Gasteiger partial charge in [0.2, 0.25) is 0 Å². The van der Waals surface area contributed by atoms with Crippen LogP contribution >= 0.6 is 0 Å². The van der Waals surface area contributed by atoms with Crippen LogP contribution in [0.4, 0.5) is 11.5 Å². The Hall–Kier alpha value is -3.28. The van der Waals surface area contributed by atoms with Crippen LogP contribution in [0.3, 0.4) is 0 Å². The Kier molecular flexibility index (Phi) is 4.99. The van der Waals surface area contributed by atoms with E-state index in [1.807, 2.05) is 30.3 Å². The van der Waals surface area contributed by atoms with E-state index in [2.05, 4.69) is 39.4 Å². The van der Waals surface area contributed by atoms with Crippen LogP contribution in [0.5, 0.6) is 0 Å². The number of hydrogen-bond acceptors (Lipinski definition) is 5. The van der Waals surface area contributed by atoms with Crippen LogP contribution in [-0.4, -0.2) is 20.9 Å². The number of anilines is 2. The fourth-order valence-electron chi connectivity index (χ4n) is 2.25. The van der Waals surface area contributed by atoms with E-state index in [1.54, 1.807) is 18.6 Å². The number of nitrogens with zero attached hydrogens (tertiary/aromatic N) is 3. The number of benzene rings is 1. The summed E-state index contributed by atoms with van der Waals surface area (Å²) in [7, 11) is 0. The van der Waals surface area contributed by atoms with E-state index in [1.165, 1.54) is 17.3 Å². The number of carbonyl (C=O) groups excluding carboxylic acids is 1. The first-order chi connectivity index (χ1) is 12.1. The van der Waals surface area contributed by atoms with Crippen molar-refractivity contribution >= 4 is 17.4 Å². The largest absolute Gasteiger partial charge is 0.347 e. The molecular weight excluding hydrogens is 314 g/mol. The maximum atomic E-state index is 12.1. The van der Waals surface area contributed by atoms with E-state index in [-0.39, 0.29) is 11.6 Å². The number of aryl methyl sites for hydroxylation is 2. The molecule has 1 aromatic carbocycles. The topological polar surface area (TPSA) is 79.8 Å². The molecule has 2 aromatic heterocycles. The summed E-state index contributed by atoms with van der Waals surface area (Å²) in [6.07, 6.45) is 6.39. The number of rotatable bonds is 5. The first-order valence-electron chi connectivity index (χ1n) is 7.95. The quantitative estimate of drug-likeness (QED) is 0.750. The minimum atomic E-state index is -0.262. The molecule has 6 nitrogen and oxygen atoms in total. The van der Waals surface area contributed by atoms with Gasteiger partial charge in [-0.15, -0.1) is 0 Å². The zero-order valence-electron chi connectivity index (χ0n) is 14.2. The van der Waals surface area contributed by atoms with Gasteiger partial charge < -0.3 is 10.6 Å². The number of pyridine rings is 1. The number of amides is 1. The summed E-state index contributed by atoms with van der Waals surface area (Å²) in [4.78, 5) is 24.5. The van der Waals surface area contributed by atoms with Crippen molar-refractivity contribution in [3.05, 3.63) is 77.5 Å². The Bertz CT molecular complexity index is 863. The summed E-state index contributed by atoms with van der Waals surface area (Å²) in [5, 5.41) is 5.99. The normalized spacial score (nSPS) is 10.3. The zero-order valence-corrected chi connectivity index (χ0v) is 14.2. The molecule has 0 atom stereocenters. The number of carbonyl (C=O) groups is 1. The highest BCUT2D eigenvalue weighted by atomic mass is 16.1. The Morgan fingerprint density at radius 1 is 1.00 bits per heavy atom. The maximum absolute atomic E-state index is 12.1. The van der Waals surface area contributed by atoms with Crippen LogP contribution in [0, 0.1) is 13.8 Å². The highest BCUT2D eigenvalue weighted by Gasteiger charge is 2.08. The third-order valence-electron chi connectivity index (χ3n) is 3.87. The second kappa shape index (κ2) is 7.53. The van der Waals surface area contributed by atoms with Crippen LogP contribution in [0.25, 0.3) is 0 Å². The van der Waals surface area contributed by atoms with Gasteiger partial charge in [-0.25, -0.2) is 9.97 Å². The molecule has 0 radical (unpaired) electrons. The first-order valence-corrected chi connectivity index (χ1v) is 7.95. The Balaban J connectivity index is 1.61. The molecule has 0 fully saturated rings. The molecule has 0 bridgehead atoms. The van der Waals surface area contributed by atoms with Crippen LogP contribution < -0.4 is 10.6 Å². The molecule has 25 heavy (non-hydrogen) atoms. The highest BCUT2D eigenvalue weighted by molar-refractivity contribution is 5.92. The number of hydrogen-bond donors (Lipinski definition) is 2. The van der Waals surface area contributed by atoms with Crippen molar-refractivity contribution in [3.8, 4) is 0 Å². The average molecular weight is 333 g/mol. The van der Waals surface area contributed by atoms with Gasteiger partial charge in [0.05, 0.1) is 12.4 Å². The highest BCUT2D eigenvalue weighted by Crippen LogP contribution is 2.17. The summed E-state index contributed by atoms with van der Waals surface area (Å²) in [6, 6.07) is 9.78. The van der Waals surface area contributed by atoms with E-state index < -0.39 is 0 Å². The summed E-state index contributed by atoms with van der Waals surface area (Å²) >= 11 is 0. The van der Waals surface area contributed by atoms with Crippen LogP contribution in [0.15, 0.2) is 55.1 Å². The van der Waals surface area contributed by atoms with Crippen molar-refractivity contribution in [2.45, 2.75) is 20.4 Å². The SMILES string of the molecule is Cc1ccc(Nc2cnc(C(=O)NCc3ccncc3)cn2)cc1C. The van der Waals surface area contributed by atoms with Gasteiger partial charge in [-0.05, 0) is 54.8 Å². The van der Waals surface area contributed by atoms with E-state index in [0.29, 0.717) is 12.4 Å². The molecule has 0 aliphatic heterocycles. The monoisotopic (exact) mass is 333 g/mol. The second-order valence-electron chi connectivity index (χ2n) is 5.75. The molecule has 0 aliphatic carbocycles. The van der Waals surface area contributed by atoms with E-state index >= 15 is 0 Å². The number of aromatic nitrogens is 3. The fraction of sp³-hybridized carbons (Fsp3) is 0.158. The van der Waals surface area contributed by atoms with Crippen molar-refractivity contribution in [3.63, 3.8) is 0 Å². The zero-order chi connectivity index (χ0) is 17.6. The molecule has 1 amide bonds. The summed E-state index contributed by atoms with van der Waals surface area (Å²) in [5.41, 5.74) is 4.62. The van der Waals surface area contributed by atoms with Crippen molar-refractivity contribution in [2.75, 3.05) is 5.32 Å². The van der Waals surface area contributed by atoms with Crippen molar-refractivity contribution in [2.24, 2.45) is 0 Å². The van der Waals surface area contributed by atoms with Gasteiger partial charge in [-0.2, -0.15) is 0 Å². The van der Waals surface area contributed by atoms with Gasteiger partial charge in [-0.3, -0.25) is 9.78 Å². The molecule has 0 unspecified atom stereocenters. The molecule has 3 aromatic rings. The predicted octanol–water partition coefficient (Wildman–Crippen LogP) is 3.16. The van der Waals surface area contributed by atoms with Gasteiger partial charge in [-0.1, -0.05) is 6.07 Å². The molecule has 0 aliphatic rings. The maximum Gasteiger partial charge on any atom is 0.271 e. The minimum absolute atomic E-state index is 0.262. The molecule has 3 rings (SSSR count). The summed E-state index contributed by atoms with van der Waals surface area (Å²) in [5.74, 6) is 0.330. The van der Waals surface area contributed by atoms with E-state index in [0.717, 1.165) is 11.3 Å². The minimum Gasteiger partial charge on any atom is -0.347 e. The molecule has 0 spiro atoms. The van der Waals surface area contributed by atoms with Gasteiger partial charge in [0.1, 0.15) is 11.5 Å². The lowest BCUT2D eigenvalue weighted by molar-refractivity contribution is 0.0945. The van der Waals surface area contributed by atoms with Crippen molar-refractivity contribution < 1.29 is 4.79 Å². The second-order valence-corrected chi connectivity index (χ2v) is 5.75. The fourth-order valence-corrected chi connectivity index (χ4v) is 2.25.